The van der Waals surface area contributed by atoms with Crippen LogP contribution in [0.1, 0.15) is 38.3 Å². The van der Waals surface area contributed by atoms with Crippen LogP contribution in [0.2, 0.25) is 5.15 Å². The molecule has 5 nitrogen and oxygen atoms in total. The van der Waals surface area contributed by atoms with Crippen molar-refractivity contribution < 1.29 is 4.79 Å². The van der Waals surface area contributed by atoms with E-state index in [4.69, 9.17) is 11.6 Å². The van der Waals surface area contributed by atoms with Gasteiger partial charge in [-0.3, -0.25) is 4.79 Å². The van der Waals surface area contributed by atoms with Crippen LogP contribution < -0.4 is 5.43 Å². The molecule has 1 amide bonds. The molecule has 0 bridgehead atoms. The highest BCUT2D eigenvalue weighted by molar-refractivity contribution is 6.32. The zero-order chi connectivity index (χ0) is 19.4. The van der Waals surface area contributed by atoms with E-state index >= 15 is 0 Å². The van der Waals surface area contributed by atoms with Gasteiger partial charge in [-0.2, -0.15) is 10.2 Å². The van der Waals surface area contributed by atoms with E-state index in [1.807, 2.05) is 32.9 Å². The van der Waals surface area contributed by atoms with Crippen LogP contribution in [0, 0.1) is 20.8 Å². The number of nitrogens with one attached hydrogen (secondary N) is 1. The Balaban J connectivity index is 1.70. The SMILES string of the molecule is Cc1ccc(Cn2nc(C)c(/C=N\NC(=O)c3ccc(C)cc3)c2Cl)cc1. The maximum absolute atomic E-state index is 12.1. The van der Waals surface area contributed by atoms with Gasteiger partial charge in [-0.05, 0) is 38.5 Å². The molecule has 1 N–H and O–H groups in total. The zero-order valence-corrected chi connectivity index (χ0v) is 16.3. The van der Waals surface area contributed by atoms with E-state index in [9.17, 15) is 4.79 Å². The molecule has 1 aromatic heterocycles. The molecular weight excluding hydrogens is 360 g/mol. The maximum Gasteiger partial charge on any atom is 0.271 e. The molecule has 0 aliphatic heterocycles. The topological polar surface area (TPSA) is 59.3 Å². The molecule has 0 radical (unpaired) electrons. The van der Waals surface area contributed by atoms with E-state index in [-0.39, 0.29) is 5.91 Å². The van der Waals surface area contributed by atoms with Crippen LogP contribution in [-0.2, 0) is 6.54 Å². The number of aryl methyl sites for hydroxylation is 3. The van der Waals surface area contributed by atoms with Crippen molar-refractivity contribution in [1.29, 1.82) is 0 Å². The summed E-state index contributed by atoms with van der Waals surface area (Å²) in [5.41, 5.74) is 7.93. The van der Waals surface area contributed by atoms with E-state index in [1.54, 1.807) is 16.8 Å². The molecule has 27 heavy (non-hydrogen) atoms. The molecule has 0 aliphatic carbocycles. The van der Waals surface area contributed by atoms with Gasteiger partial charge >= 0.3 is 0 Å². The Morgan fingerprint density at radius 2 is 1.67 bits per heavy atom. The van der Waals surface area contributed by atoms with Crippen LogP contribution in [0.5, 0.6) is 0 Å². The predicted molar refractivity (Wildman–Crippen MR) is 108 cm³/mol. The number of nitrogens with zero attached hydrogens (tertiary/aromatic N) is 3. The summed E-state index contributed by atoms with van der Waals surface area (Å²) in [6.45, 7) is 6.46. The minimum atomic E-state index is -0.271. The average Bonchev–Trinajstić information content (AvgIpc) is 2.91. The summed E-state index contributed by atoms with van der Waals surface area (Å²) in [7, 11) is 0. The van der Waals surface area contributed by atoms with Crippen molar-refractivity contribution in [2.75, 3.05) is 0 Å². The molecule has 3 aromatic rings. The van der Waals surface area contributed by atoms with Crippen LogP contribution in [0.3, 0.4) is 0 Å². The quantitative estimate of drug-likeness (QED) is 0.530. The van der Waals surface area contributed by atoms with Gasteiger partial charge in [0.25, 0.3) is 5.91 Å². The van der Waals surface area contributed by atoms with Gasteiger partial charge < -0.3 is 0 Å². The van der Waals surface area contributed by atoms with E-state index < -0.39 is 0 Å². The Morgan fingerprint density at radius 3 is 2.30 bits per heavy atom. The van der Waals surface area contributed by atoms with Crippen molar-refractivity contribution in [2.24, 2.45) is 5.10 Å². The van der Waals surface area contributed by atoms with Crippen molar-refractivity contribution in [1.82, 2.24) is 15.2 Å². The van der Waals surface area contributed by atoms with E-state index in [2.05, 4.69) is 39.9 Å². The lowest BCUT2D eigenvalue weighted by molar-refractivity contribution is 0.0955. The van der Waals surface area contributed by atoms with E-state index in [0.717, 1.165) is 16.8 Å². The number of hydrogen-bond donors (Lipinski definition) is 1. The predicted octanol–water partition coefficient (Wildman–Crippen LogP) is 4.27. The third-order valence-electron chi connectivity index (χ3n) is 4.24. The minimum absolute atomic E-state index is 0.271. The standard InChI is InChI=1S/C21H21ClN4O/c1-14-4-8-17(9-5-14)13-26-20(22)19(16(3)25-26)12-23-24-21(27)18-10-6-15(2)7-11-18/h4-12H,13H2,1-3H3,(H,24,27)/b23-12-. The first-order chi connectivity index (χ1) is 12.9. The van der Waals surface area contributed by atoms with Crippen LogP contribution >= 0.6 is 11.6 Å². The average molecular weight is 381 g/mol. The molecule has 2 aromatic carbocycles. The van der Waals surface area contributed by atoms with Gasteiger partial charge in [-0.25, -0.2) is 10.1 Å². The van der Waals surface area contributed by atoms with Crippen LogP contribution in [0.4, 0.5) is 0 Å². The molecule has 0 fully saturated rings. The fourth-order valence-corrected chi connectivity index (χ4v) is 2.89. The molecule has 1 heterocycles. The summed E-state index contributed by atoms with van der Waals surface area (Å²) in [6, 6.07) is 15.5. The van der Waals surface area contributed by atoms with Gasteiger partial charge in [-0.1, -0.05) is 59.1 Å². The number of hydrogen-bond acceptors (Lipinski definition) is 3. The number of carbonyl (C=O) groups is 1. The third-order valence-corrected chi connectivity index (χ3v) is 4.63. The Morgan fingerprint density at radius 1 is 1.07 bits per heavy atom. The lowest BCUT2D eigenvalue weighted by Gasteiger charge is -2.04. The van der Waals surface area contributed by atoms with Gasteiger partial charge in [0.15, 0.2) is 0 Å². The van der Waals surface area contributed by atoms with Crippen molar-refractivity contribution >= 4 is 23.7 Å². The summed E-state index contributed by atoms with van der Waals surface area (Å²) in [4.78, 5) is 12.1. The largest absolute Gasteiger partial charge is 0.271 e. The highest BCUT2D eigenvalue weighted by Gasteiger charge is 2.12. The summed E-state index contributed by atoms with van der Waals surface area (Å²) in [5.74, 6) is -0.271. The molecule has 0 spiro atoms. The minimum Gasteiger partial charge on any atom is -0.267 e. The lowest BCUT2D eigenvalue weighted by Crippen LogP contribution is -2.17. The fraction of sp³-hybridized carbons (Fsp3) is 0.190. The van der Waals surface area contributed by atoms with Crippen molar-refractivity contribution in [3.63, 3.8) is 0 Å². The van der Waals surface area contributed by atoms with Gasteiger partial charge in [0.05, 0.1) is 24.0 Å². The summed E-state index contributed by atoms with van der Waals surface area (Å²) in [6.07, 6.45) is 1.53. The van der Waals surface area contributed by atoms with Gasteiger partial charge in [0.2, 0.25) is 0 Å². The molecule has 0 atom stereocenters. The lowest BCUT2D eigenvalue weighted by atomic mass is 10.1. The third kappa shape index (κ3) is 4.63. The van der Waals surface area contributed by atoms with E-state index in [0.29, 0.717) is 22.8 Å². The number of carbonyl (C=O) groups excluding carboxylic acids is 1. The fourth-order valence-electron chi connectivity index (χ4n) is 2.61. The van der Waals surface area contributed by atoms with Crippen molar-refractivity contribution in [2.45, 2.75) is 27.3 Å². The number of halogens is 1. The first kappa shape index (κ1) is 18.9. The Hall–Kier alpha value is -2.92. The maximum atomic E-state index is 12.1. The van der Waals surface area contributed by atoms with Gasteiger partial charge in [-0.15, -0.1) is 0 Å². The highest BCUT2D eigenvalue weighted by Crippen LogP contribution is 2.19. The normalized spacial score (nSPS) is 11.1. The smallest absolute Gasteiger partial charge is 0.267 e. The molecular formula is C21H21ClN4O. The number of benzene rings is 2. The molecule has 6 heteroatoms. The first-order valence-electron chi connectivity index (χ1n) is 8.62. The van der Waals surface area contributed by atoms with Crippen LogP contribution in [0.25, 0.3) is 0 Å². The second-order valence-corrected chi connectivity index (χ2v) is 6.86. The highest BCUT2D eigenvalue weighted by atomic mass is 35.5. The number of amides is 1. The van der Waals surface area contributed by atoms with Crippen molar-refractivity contribution in [3.8, 4) is 0 Å². The van der Waals surface area contributed by atoms with E-state index in [1.165, 1.54) is 11.8 Å². The molecule has 0 saturated carbocycles. The number of hydrazone groups is 1. The van der Waals surface area contributed by atoms with Gasteiger partial charge in [0, 0.05) is 5.56 Å². The number of aromatic nitrogens is 2. The Labute approximate surface area is 163 Å². The molecule has 0 aliphatic rings. The molecule has 0 saturated heterocycles. The van der Waals surface area contributed by atoms with Crippen LogP contribution in [-0.4, -0.2) is 21.9 Å². The molecule has 3 rings (SSSR count). The molecule has 138 valence electrons. The summed E-state index contributed by atoms with van der Waals surface area (Å²) >= 11 is 6.46. The molecule has 0 unspecified atom stereocenters. The monoisotopic (exact) mass is 380 g/mol. The second kappa shape index (κ2) is 8.18. The summed E-state index contributed by atoms with van der Waals surface area (Å²) < 4.78 is 1.73. The van der Waals surface area contributed by atoms with Crippen LogP contribution in [0.15, 0.2) is 53.6 Å². The summed E-state index contributed by atoms with van der Waals surface area (Å²) in [5, 5.41) is 8.99. The van der Waals surface area contributed by atoms with Crippen molar-refractivity contribution in [3.05, 3.63) is 87.2 Å². The zero-order valence-electron chi connectivity index (χ0n) is 15.5. The van der Waals surface area contributed by atoms with Gasteiger partial charge in [0.1, 0.15) is 5.15 Å². The Bertz CT molecular complexity index is 973. The Kier molecular flexibility index (Phi) is 5.72. The second-order valence-electron chi connectivity index (χ2n) is 6.50. The first-order valence-corrected chi connectivity index (χ1v) is 9.00. The number of rotatable bonds is 5.